The van der Waals surface area contributed by atoms with Crippen molar-refractivity contribution < 1.29 is 24.2 Å². The summed E-state index contributed by atoms with van der Waals surface area (Å²) in [7, 11) is 2.79. The van der Waals surface area contributed by atoms with Gasteiger partial charge in [-0.15, -0.1) is 0 Å². The van der Waals surface area contributed by atoms with E-state index in [-0.39, 0.29) is 27.9 Å². The predicted octanol–water partition coefficient (Wildman–Crippen LogP) is 2.89. The molecule has 1 aliphatic rings. The van der Waals surface area contributed by atoms with E-state index in [4.69, 9.17) is 33.3 Å². The molecule has 0 spiro atoms. The normalized spacial score (nSPS) is 15.6. The van der Waals surface area contributed by atoms with Crippen molar-refractivity contribution in [1.29, 1.82) is 0 Å². The molecule has 0 radical (unpaired) electrons. The zero-order valence-electron chi connectivity index (χ0n) is 14.9. The molecule has 1 aliphatic heterocycles. The van der Waals surface area contributed by atoms with E-state index in [1.165, 1.54) is 37.3 Å². The monoisotopic (exact) mass is 418 g/mol. The van der Waals surface area contributed by atoms with Crippen molar-refractivity contribution in [3.05, 3.63) is 52.6 Å². The molecule has 0 aromatic heterocycles. The van der Waals surface area contributed by atoms with Crippen LogP contribution in [0.25, 0.3) is 6.08 Å². The predicted molar refractivity (Wildman–Crippen MR) is 109 cm³/mol. The van der Waals surface area contributed by atoms with Gasteiger partial charge in [-0.3, -0.25) is 19.8 Å². The topological polar surface area (TPSA) is 88.1 Å². The van der Waals surface area contributed by atoms with Gasteiger partial charge in [0.2, 0.25) is 0 Å². The molecule has 0 saturated carbocycles. The maximum absolute atomic E-state index is 13.0. The van der Waals surface area contributed by atoms with Crippen LogP contribution in [0.4, 0.5) is 5.69 Å². The maximum atomic E-state index is 13.0. The van der Waals surface area contributed by atoms with Gasteiger partial charge in [0.1, 0.15) is 22.8 Å². The Morgan fingerprint density at radius 3 is 2.21 bits per heavy atom. The number of halogens is 1. The Labute approximate surface area is 171 Å². The summed E-state index contributed by atoms with van der Waals surface area (Å²) >= 11 is 11.1. The SMILES string of the molecule is COc1cc(O)cc(OC)c1C=C1C(=O)NC(=S)N(c2ccc(Cl)cc2)C1=O. The Hall–Kier alpha value is -3.10. The Morgan fingerprint density at radius 1 is 1.11 bits per heavy atom. The molecule has 7 nitrogen and oxygen atoms in total. The summed E-state index contributed by atoms with van der Waals surface area (Å²) in [5.74, 6) is -0.892. The standard InChI is InChI=1S/C19H15ClN2O5S/c1-26-15-7-12(23)8-16(27-2)13(15)9-14-17(24)21-19(28)22(18(14)25)11-5-3-10(20)4-6-11/h3-9,23H,1-2H3,(H,21,24,28). The first-order valence-corrected chi connectivity index (χ1v) is 8.76. The minimum atomic E-state index is -0.655. The first-order valence-electron chi connectivity index (χ1n) is 7.97. The summed E-state index contributed by atoms with van der Waals surface area (Å²) in [5, 5.41) is 12.7. The lowest BCUT2D eigenvalue weighted by Crippen LogP contribution is -2.54. The van der Waals surface area contributed by atoms with Gasteiger partial charge in [-0.05, 0) is 42.6 Å². The van der Waals surface area contributed by atoms with Gasteiger partial charge in [0.25, 0.3) is 11.8 Å². The molecule has 3 rings (SSSR count). The first-order chi connectivity index (χ1) is 13.3. The van der Waals surface area contributed by atoms with Crippen LogP contribution in [0, 0.1) is 0 Å². The minimum Gasteiger partial charge on any atom is -0.508 e. The van der Waals surface area contributed by atoms with Crippen LogP contribution < -0.4 is 19.7 Å². The van der Waals surface area contributed by atoms with Crippen LogP contribution in [-0.2, 0) is 9.59 Å². The molecule has 2 aromatic carbocycles. The number of anilines is 1. The van der Waals surface area contributed by atoms with E-state index in [1.807, 2.05) is 0 Å². The number of rotatable bonds is 4. The third-order valence-corrected chi connectivity index (χ3v) is 4.54. The second kappa shape index (κ2) is 7.87. The van der Waals surface area contributed by atoms with Crippen molar-refractivity contribution >= 4 is 52.5 Å². The summed E-state index contributed by atoms with van der Waals surface area (Å²) < 4.78 is 10.5. The largest absolute Gasteiger partial charge is 0.508 e. The Kier molecular flexibility index (Phi) is 5.53. The molecule has 1 fully saturated rings. The number of ether oxygens (including phenoxy) is 2. The quantitative estimate of drug-likeness (QED) is 0.451. The number of phenolic OH excluding ortho intramolecular Hbond substituents is 1. The molecule has 0 bridgehead atoms. The fourth-order valence-electron chi connectivity index (χ4n) is 2.69. The van der Waals surface area contributed by atoms with E-state index in [2.05, 4.69) is 5.32 Å². The number of aromatic hydroxyl groups is 1. The average Bonchev–Trinajstić information content (AvgIpc) is 2.66. The third kappa shape index (κ3) is 3.64. The van der Waals surface area contributed by atoms with E-state index in [9.17, 15) is 14.7 Å². The zero-order valence-corrected chi connectivity index (χ0v) is 16.4. The van der Waals surface area contributed by atoms with Gasteiger partial charge in [-0.1, -0.05) is 11.6 Å². The van der Waals surface area contributed by atoms with Crippen LogP contribution in [0.1, 0.15) is 5.56 Å². The van der Waals surface area contributed by atoms with Crippen LogP contribution in [0.15, 0.2) is 42.0 Å². The van der Waals surface area contributed by atoms with Crippen molar-refractivity contribution in [2.24, 2.45) is 0 Å². The van der Waals surface area contributed by atoms with Crippen LogP contribution in [0.3, 0.4) is 0 Å². The van der Waals surface area contributed by atoms with Gasteiger partial charge < -0.3 is 14.6 Å². The van der Waals surface area contributed by atoms with Crippen LogP contribution in [0.5, 0.6) is 17.2 Å². The third-order valence-electron chi connectivity index (χ3n) is 4.00. The number of benzene rings is 2. The zero-order chi connectivity index (χ0) is 20.4. The summed E-state index contributed by atoms with van der Waals surface area (Å²) in [4.78, 5) is 26.7. The molecule has 0 atom stereocenters. The molecular weight excluding hydrogens is 404 g/mol. The molecule has 0 unspecified atom stereocenters. The van der Waals surface area contributed by atoms with Crippen molar-refractivity contribution in [1.82, 2.24) is 5.32 Å². The number of thiocarbonyl (C=S) groups is 1. The van der Waals surface area contributed by atoms with E-state index >= 15 is 0 Å². The summed E-state index contributed by atoms with van der Waals surface area (Å²) in [6, 6.07) is 9.15. The van der Waals surface area contributed by atoms with Crippen molar-refractivity contribution in [3.8, 4) is 17.2 Å². The molecule has 0 aliphatic carbocycles. The number of phenols is 1. The maximum Gasteiger partial charge on any atom is 0.270 e. The molecule has 2 N–H and O–H groups in total. The number of amides is 2. The molecule has 1 heterocycles. The van der Waals surface area contributed by atoms with E-state index in [0.29, 0.717) is 16.3 Å². The minimum absolute atomic E-state index is 0.0425. The van der Waals surface area contributed by atoms with Gasteiger partial charge in [0.15, 0.2) is 5.11 Å². The molecule has 144 valence electrons. The number of nitrogens with one attached hydrogen (secondary N) is 1. The number of hydrogen-bond acceptors (Lipinski definition) is 6. The Morgan fingerprint density at radius 2 is 1.68 bits per heavy atom. The first kappa shape index (κ1) is 19.7. The van der Waals surface area contributed by atoms with Gasteiger partial charge >= 0.3 is 0 Å². The second-order valence-electron chi connectivity index (χ2n) is 5.70. The number of carbonyl (C=O) groups is 2. The summed E-state index contributed by atoms with van der Waals surface area (Å²) in [5.41, 5.74) is 0.603. The van der Waals surface area contributed by atoms with Gasteiger partial charge in [-0.2, -0.15) is 0 Å². The van der Waals surface area contributed by atoms with Crippen molar-refractivity contribution in [2.75, 3.05) is 19.1 Å². The van der Waals surface area contributed by atoms with Gasteiger partial charge in [-0.25, -0.2) is 0 Å². The highest BCUT2D eigenvalue weighted by atomic mass is 35.5. The molecular formula is C19H15ClN2O5S. The Balaban J connectivity index is 2.11. The number of hydrogen-bond donors (Lipinski definition) is 2. The highest BCUT2D eigenvalue weighted by Crippen LogP contribution is 2.36. The smallest absolute Gasteiger partial charge is 0.270 e. The molecule has 28 heavy (non-hydrogen) atoms. The lowest BCUT2D eigenvalue weighted by atomic mass is 10.0. The van der Waals surface area contributed by atoms with Crippen molar-refractivity contribution in [3.63, 3.8) is 0 Å². The number of carbonyl (C=O) groups excluding carboxylic acids is 2. The van der Waals surface area contributed by atoms with Gasteiger partial charge in [0.05, 0.1) is 25.5 Å². The van der Waals surface area contributed by atoms with E-state index in [0.717, 1.165) is 0 Å². The van der Waals surface area contributed by atoms with Crippen molar-refractivity contribution in [2.45, 2.75) is 0 Å². The second-order valence-corrected chi connectivity index (χ2v) is 6.52. The fraction of sp³-hybridized carbons (Fsp3) is 0.105. The highest BCUT2D eigenvalue weighted by molar-refractivity contribution is 7.80. The average molecular weight is 419 g/mol. The van der Waals surface area contributed by atoms with Gasteiger partial charge in [0, 0.05) is 17.2 Å². The summed E-state index contributed by atoms with van der Waals surface area (Å²) in [6.07, 6.45) is 1.33. The molecule has 9 heteroatoms. The number of nitrogens with zero attached hydrogens (tertiary/aromatic N) is 1. The number of methoxy groups -OCH3 is 2. The highest BCUT2D eigenvalue weighted by Gasteiger charge is 2.35. The lowest BCUT2D eigenvalue weighted by Gasteiger charge is -2.29. The molecule has 2 amide bonds. The lowest BCUT2D eigenvalue weighted by molar-refractivity contribution is -0.122. The fourth-order valence-corrected chi connectivity index (χ4v) is 3.10. The summed E-state index contributed by atoms with van der Waals surface area (Å²) in [6.45, 7) is 0. The van der Waals surface area contributed by atoms with Crippen LogP contribution in [-0.4, -0.2) is 36.3 Å². The Bertz CT molecular complexity index is 979. The molecule has 2 aromatic rings. The molecule has 1 saturated heterocycles. The van der Waals surface area contributed by atoms with E-state index in [1.54, 1.807) is 24.3 Å². The van der Waals surface area contributed by atoms with Crippen LogP contribution >= 0.6 is 23.8 Å². The van der Waals surface area contributed by atoms with Crippen LogP contribution in [0.2, 0.25) is 5.02 Å². The van der Waals surface area contributed by atoms with E-state index < -0.39 is 11.8 Å².